The Hall–Kier alpha value is -2.62. The van der Waals surface area contributed by atoms with E-state index in [1.54, 1.807) is 17.0 Å². The van der Waals surface area contributed by atoms with Gasteiger partial charge in [0, 0.05) is 19.6 Å². The number of halogens is 1. The van der Waals surface area contributed by atoms with Gasteiger partial charge in [0.1, 0.15) is 5.82 Å². The largest absolute Gasteiger partial charge is 0.334 e. The molecule has 3 rings (SSSR count). The number of carbonyl (C=O) groups excluding carboxylic acids is 1. The van der Waals surface area contributed by atoms with Crippen LogP contribution in [0.25, 0.3) is 5.57 Å². The first-order chi connectivity index (χ1) is 11.6. The number of benzene rings is 2. The highest BCUT2D eigenvalue weighted by molar-refractivity contribution is 5.76. The van der Waals surface area contributed by atoms with E-state index in [0.29, 0.717) is 19.6 Å². The molecule has 1 N–H and O–H groups in total. The molecule has 2 aromatic rings. The minimum Gasteiger partial charge on any atom is -0.334 e. The van der Waals surface area contributed by atoms with Gasteiger partial charge in [0.05, 0.1) is 0 Å². The second-order valence-electron chi connectivity index (χ2n) is 6.08. The van der Waals surface area contributed by atoms with Gasteiger partial charge in [0.2, 0.25) is 0 Å². The summed E-state index contributed by atoms with van der Waals surface area (Å²) in [5, 5.41) is 2.96. The van der Waals surface area contributed by atoms with Gasteiger partial charge in [-0.15, -0.1) is 0 Å². The van der Waals surface area contributed by atoms with Gasteiger partial charge < -0.3 is 10.2 Å². The number of nitrogens with one attached hydrogen (secondary N) is 1. The maximum Gasteiger partial charge on any atom is 0.317 e. The zero-order valence-corrected chi connectivity index (χ0v) is 13.8. The summed E-state index contributed by atoms with van der Waals surface area (Å²) in [5.41, 5.74) is 4.49. The molecular weight excluding hydrogens is 303 g/mol. The molecule has 0 fully saturated rings. The Labute approximate surface area is 141 Å². The molecule has 0 bridgehead atoms. The number of rotatable bonds is 3. The molecule has 0 saturated carbocycles. The predicted molar refractivity (Wildman–Crippen MR) is 94.0 cm³/mol. The van der Waals surface area contributed by atoms with Gasteiger partial charge in [-0.05, 0) is 42.2 Å². The molecule has 0 spiro atoms. The van der Waals surface area contributed by atoms with E-state index in [4.69, 9.17) is 0 Å². The Morgan fingerprint density at radius 1 is 1.12 bits per heavy atom. The molecule has 124 valence electrons. The summed E-state index contributed by atoms with van der Waals surface area (Å²) < 4.78 is 13.0. The molecule has 24 heavy (non-hydrogen) atoms. The van der Waals surface area contributed by atoms with Crippen LogP contribution in [0.5, 0.6) is 0 Å². The van der Waals surface area contributed by atoms with Crippen molar-refractivity contribution in [2.45, 2.75) is 19.9 Å². The molecule has 0 atom stereocenters. The van der Waals surface area contributed by atoms with E-state index in [0.717, 1.165) is 23.1 Å². The monoisotopic (exact) mass is 324 g/mol. The van der Waals surface area contributed by atoms with E-state index in [9.17, 15) is 9.18 Å². The molecule has 4 heteroatoms. The Morgan fingerprint density at radius 3 is 2.46 bits per heavy atom. The van der Waals surface area contributed by atoms with Crippen LogP contribution in [0, 0.1) is 12.7 Å². The SMILES string of the molecule is Cc1ccc(CNC(=O)N2CC=C(c3ccc(F)cc3)CC2)cc1. The summed E-state index contributed by atoms with van der Waals surface area (Å²) >= 11 is 0. The van der Waals surface area contributed by atoms with Crippen molar-refractivity contribution in [2.24, 2.45) is 0 Å². The van der Waals surface area contributed by atoms with Crippen LogP contribution in [0.15, 0.2) is 54.6 Å². The highest BCUT2D eigenvalue weighted by Crippen LogP contribution is 2.22. The number of urea groups is 1. The minimum absolute atomic E-state index is 0.0509. The highest BCUT2D eigenvalue weighted by atomic mass is 19.1. The molecule has 0 aromatic heterocycles. The first-order valence-corrected chi connectivity index (χ1v) is 8.15. The van der Waals surface area contributed by atoms with Gasteiger partial charge in [0.15, 0.2) is 0 Å². The molecule has 2 aromatic carbocycles. The second kappa shape index (κ2) is 7.30. The molecule has 3 nitrogen and oxygen atoms in total. The van der Waals surface area contributed by atoms with Gasteiger partial charge in [-0.1, -0.05) is 48.0 Å². The molecule has 1 aliphatic rings. The average molecular weight is 324 g/mol. The molecule has 0 saturated heterocycles. The number of nitrogens with zero attached hydrogens (tertiary/aromatic N) is 1. The average Bonchev–Trinajstić information content (AvgIpc) is 2.62. The lowest BCUT2D eigenvalue weighted by molar-refractivity contribution is 0.202. The van der Waals surface area contributed by atoms with Crippen LogP contribution in [0.1, 0.15) is 23.1 Å². The van der Waals surface area contributed by atoms with Crippen LogP contribution in [0.4, 0.5) is 9.18 Å². The van der Waals surface area contributed by atoms with Crippen molar-refractivity contribution >= 4 is 11.6 Å². The third kappa shape index (κ3) is 4.02. The predicted octanol–water partition coefficient (Wildman–Crippen LogP) is 4.13. The van der Waals surface area contributed by atoms with Gasteiger partial charge >= 0.3 is 6.03 Å². The van der Waals surface area contributed by atoms with Crippen LogP contribution in [0.2, 0.25) is 0 Å². The number of amides is 2. The van der Waals surface area contributed by atoms with Crippen molar-refractivity contribution in [3.63, 3.8) is 0 Å². The first kappa shape index (κ1) is 16.2. The third-order valence-electron chi connectivity index (χ3n) is 4.28. The van der Waals surface area contributed by atoms with Crippen molar-refractivity contribution in [2.75, 3.05) is 13.1 Å². The molecule has 0 unspecified atom stereocenters. The fraction of sp³-hybridized carbons (Fsp3) is 0.250. The molecule has 0 aliphatic carbocycles. The standard InChI is InChI=1S/C20H21FN2O/c1-15-2-4-16(5-3-15)14-22-20(24)23-12-10-18(11-13-23)17-6-8-19(21)9-7-17/h2-10H,11-14H2,1H3,(H,22,24). The normalized spacial score (nSPS) is 14.2. The lowest BCUT2D eigenvalue weighted by Crippen LogP contribution is -2.41. The van der Waals surface area contributed by atoms with Crippen LogP contribution in [0.3, 0.4) is 0 Å². The third-order valence-corrected chi connectivity index (χ3v) is 4.28. The van der Waals surface area contributed by atoms with Gasteiger partial charge in [-0.2, -0.15) is 0 Å². The summed E-state index contributed by atoms with van der Waals surface area (Å²) in [5.74, 6) is -0.229. The Balaban J connectivity index is 1.54. The van der Waals surface area contributed by atoms with Crippen molar-refractivity contribution in [3.05, 3.63) is 77.1 Å². The summed E-state index contributed by atoms with van der Waals surface area (Å²) in [6.07, 6.45) is 2.83. The van der Waals surface area contributed by atoms with Crippen LogP contribution in [-0.2, 0) is 6.54 Å². The number of carbonyl (C=O) groups is 1. The molecule has 1 heterocycles. The van der Waals surface area contributed by atoms with Crippen molar-refractivity contribution in [1.82, 2.24) is 10.2 Å². The van der Waals surface area contributed by atoms with E-state index >= 15 is 0 Å². The summed E-state index contributed by atoms with van der Waals surface area (Å²) in [6, 6.07) is 14.6. The van der Waals surface area contributed by atoms with E-state index in [-0.39, 0.29) is 11.8 Å². The van der Waals surface area contributed by atoms with Gasteiger partial charge in [-0.25, -0.2) is 9.18 Å². The minimum atomic E-state index is -0.229. The first-order valence-electron chi connectivity index (χ1n) is 8.15. The highest BCUT2D eigenvalue weighted by Gasteiger charge is 2.17. The smallest absolute Gasteiger partial charge is 0.317 e. The Bertz CT molecular complexity index is 735. The van der Waals surface area contributed by atoms with E-state index in [1.807, 2.05) is 37.3 Å². The maximum absolute atomic E-state index is 13.0. The van der Waals surface area contributed by atoms with Gasteiger partial charge in [-0.3, -0.25) is 0 Å². The lowest BCUT2D eigenvalue weighted by atomic mass is 10.00. The van der Waals surface area contributed by atoms with Gasteiger partial charge in [0.25, 0.3) is 0 Å². The summed E-state index contributed by atoms with van der Waals surface area (Å²) in [7, 11) is 0. The quantitative estimate of drug-likeness (QED) is 0.904. The number of aryl methyl sites for hydroxylation is 1. The van der Waals surface area contributed by atoms with Crippen LogP contribution < -0.4 is 5.32 Å². The lowest BCUT2D eigenvalue weighted by Gasteiger charge is -2.27. The summed E-state index contributed by atoms with van der Waals surface area (Å²) in [6.45, 7) is 3.82. The van der Waals surface area contributed by atoms with Crippen molar-refractivity contribution < 1.29 is 9.18 Å². The van der Waals surface area contributed by atoms with E-state index < -0.39 is 0 Å². The van der Waals surface area contributed by atoms with Crippen LogP contribution >= 0.6 is 0 Å². The fourth-order valence-electron chi connectivity index (χ4n) is 2.78. The van der Waals surface area contributed by atoms with E-state index in [1.165, 1.54) is 17.7 Å². The summed E-state index contributed by atoms with van der Waals surface area (Å²) in [4.78, 5) is 14.1. The van der Waals surface area contributed by atoms with Crippen molar-refractivity contribution in [1.29, 1.82) is 0 Å². The number of hydrogen-bond donors (Lipinski definition) is 1. The Kier molecular flexibility index (Phi) is 4.94. The fourth-order valence-corrected chi connectivity index (χ4v) is 2.78. The Morgan fingerprint density at radius 2 is 1.83 bits per heavy atom. The zero-order valence-electron chi connectivity index (χ0n) is 13.8. The van der Waals surface area contributed by atoms with Crippen LogP contribution in [-0.4, -0.2) is 24.0 Å². The topological polar surface area (TPSA) is 32.3 Å². The second-order valence-corrected chi connectivity index (χ2v) is 6.08. The maximum atomic E-state index is 13.0. The molecular formula is C20H21FN2O. The molecule has 0 radical (unpaired) electrons. The van der Waals surface area contributed by atoms with Crippen molar-refractivity contribution in [3.8, 4) is 0 Å². The molecule has 2 amide bonds. The van der Waals surface area contributed by atoms with E-state index in [2.05, 4.69) is 5.32 Å². The molecule has 1 aliphatic heterocycles. The number of hydrogen-bond acceptors (Lipinski definition) is 1. The zero-order chi connectivity index (χ0) is 16.9.